The third-order valence-corrected chi connectivity index (χ3v) is 4.39. The van der Waals surface area contributed by atoms with Crippen LogP contribution in [0.15, 0.2) is 100 Å². The molecule has 0 amide bonds. The fourth-order valence-corrected chi connectivity index (χ4v) is 3.07. The predicted octanol–water partition coefficient (Wildman–Crippen LogP) is 4.27. The second kappa shape index (κ2) is 8.14. The predicted molar refractivity (Wildman–Crippen MR) is 118 cm³/mol. The Morgan fingerprint density at radius 3 is 1.86 bits per heavy atom. The quantitative estimate of drug-likeness (QED) is 0.322. The number of benzene rings is 4. The van der Waals surface area contributed by atoms with Crippen LogP contribution in [0.5, 0.6) is 0 Å². The van der Waals surface area contributed by atoms with E-state index < -0.39 is 0 Å². The molecule has 0 radical (unpaired) electrons. The standard InChI is InChI=1S/C23H19N5/c24-23(27-25-15-19-11-5-9-17-7-1-3-13-21(17)19)28-26-16-20-12-6-10-18-8-2-4-14-22(18)20/h1-16H,(H3,24,27,28). The number of nitrogens with one attached hydrogen (secondary N) is 1. The zero-order valence-corrected chi connectivity index (χ0v) is 15.2. The Labute approximate surface area is 162 Å². The van der Waals surface area contributed by atoms with Crippen LogP contribution < -0.4 is 11.2 Å². The minimum atomic E-state index is 0.118. The maximum absolute atomic E-state index is 5.84. The SMILES string of the molecule is NC(=NN=Cc1cccc2ccccc12)NN=Cc1cccc2ccccc12. The number of hydrogen-bond donors (Lipinski definition) is 2. The van der Waals surface area contributed by atoms with Gasteiger partial charge in [-0.3, -0.25) is 0 Å². The molecule has 0 atom stereocenters. The summed E-state index contributed by atoms with van der Waals surface area (Å²) in [5.41, 5.74) is 10.5. The molecular formula is C23H19N5. The minimum absolute atomic E-state index is 0.118. The number of rotatable bonds is 4. The van der Waals surface area contributed by atoms with Crippen molar-refractivity contribution in [2.24, 2.45) is 21.0 Å². The molecule has 0 unspecified atom stereocenters. The Bertz CT molecular complexity index is 1200. The number of nitrogens with two attached hydrogens (primary N) is 1. The summed E-state index contributed by atoms with van der Waals surface area (Å²) in [6.07, 6.45) is 3.41. The first-order chi connectivity index (χ1) is 13.8. The van der Waals surface area contributed by atoms with E-state index >= 15 is 0 Å². The Kier molecular flexibility index (Phi) is 5.06. The van der Waals surface area contributed by atoms with Crippen molar-refractivity contribution in [2.75, 3.05) is 0 Å². The van der Waals surface area contributed by atoms with Gasteiger partial charge in [0.15, 0.2) is 0 Å². The maximum Gasteiger partial charge on any atom is 0.234 e. The van der Waals surface area contributed by atoms with Crippen molar-refractivity contribution in [3.05, 3.63) is 96.1 Å². The topological polar surface area (TPSA) is 75.1 Å². The molecule has 4 aromatic carbocycles. The molecule has 0 aliphatic rings. The van der Waals surface area contributed by atoms with E-state index in [2.05, 4.69) is 57.1 Å². The molecule has 136 valence electrons. The second-order valence-corrected chi connectivity index (χ2v) is 6.24. The first kappa shape index (κ1) is 17.4. The van der Waals surface area contributed by atoms with Gasteiger partial charge in [0.25, 0.3) is 0 Å². The molecule has 4 aromatic rings. The summed E-state index contributed by atoms with van der Waals surface area (Å²) in [7, 11) is 0. The van der Waals surface area contributed by atoms with Gasteiger partial charge in [0, 0.05) is 11.1 Å². The number of nitrogens with zero attached hydrogens (tertiary/aromatic N) is 3. The van der Waals surface area contributed by atoms with Crippen LogP contribution in [-0.2, 0) is 0 Å². The maximum atomic E-state index is 5.84. The van der Waals surface area contributed by atoms with Gasteiger partial charge in [-0.15, -0.1) is 5.10 Å². The first-order valence-electron chi connectivity index (χ1n) is 8.92. The first-order valence-corrected chi connectivity index (χ1v) is 8.92. The zero-order chi connectivity index (χ0) is 19.2. The van der Waals surface area contributed by atoms with E-state index in [1.165, 1.54) is 0 Å². The highest BCUT2D eigenvalue weighted by Gasteiger charge is 1.98. The lowest BCUT2D eigenvalue weighted by Crippen LogP contribution is -2.26. The molecule has 28 heavy (non-hydrogen) atoms. The average molecular weight is 365 g/mol. The lowest BCUT2D eigenvalue weighted by Gasteiger charge is -2.02. The molecule has 3 N–H and O–H groups in total. The summed E-state index contributed by atoms with van der Waals surface area (Å²) in [6, 6.07) is 28.4. The van der Waals surface area contributed by atoms with Crippen LogP contribution in [0.1, 0.15) is 11.1 Å². The Morgan fingerprint density at radius 1 is 0.679 bits per heavy atom. The molecule has 0 fully saturated rings. The molecule has 0 aromatic heterocycles. The zero-order valence-electron chi connectivity index (χ0n) is 15.2. The van der Waals surface area contributed by atoms with Crippen LogP contribution in [-0.4, -0.2) is 18.4 Å². The van der Waals surface area contributed by atoms with E-state index in [0.717, 1.165) is 32.7 Å². The van der Waals surface area contributed by atoms with E-state index in [0.29, 0.717) is 0 Å². The van der Waals surface area contributed by atoms with Gasteiger partial charge in [-0.05, 0) is 21.5 Å². The third-order valence-electron chi connectivity index (χ3n) is 4.39. The van der Waals surface area contributed by atoms with Crippen molar-refractivity contribution in [1.29, 1.82) is 0 Å². The number of hydrogen-bond acceptors (Lipinski definition) is 3. The Balaban J connectivity index is 1.46. The van der Waals surface area contributed by atoms with Crippen molar-refractivity contribution in [1.82, 2.24) is 5.43 Å². The van der Waals surface area contributed by atoms with E-state index in [1.54, 1.807) is 12.4 Å². The molecule has 0 spiro atoms. The van der Waals surface area contributed by atoms with Gasteiger partial charge in [0.1, 0.15) is 0 Å². The summed E-state index contributed by atoms with van der Waals surface area (Å²) in [5.74, 6) is 0.118. The Morgan fingerprint density at radius 2 is 1.21 bits per heavy atom. The van der Waals surface area contributed by atoms with Gasteiger partial charge in [0.05, 0.1) is 12.4 Å². The summed E-state index contributed by atoms with van der Waals surface area (Å²) in [5, 5.41) is 16.7. The van der Waals surface area contributed by atoms with Crippen molar-refractivity contribution < 1.29 is 0 Å². The number of fused-ring (bicyclic) bond motifs is 2. The summed E-state index contributed by atoms with van der Waals surface area (Å²) >= 11 is 0. The van der Waals surface area contributed by atoms with E-state index in [9.17, 15) is 0 Å². The normalized spacial score (nSPS) is 12.4. The van der Waals surface area contributed by atoms with Crippen molar-refractivity contribution in [2.45, 2.75) is 0 Å². The Hall–Kier alpha value is -3.99. The second-order valence-electron chi connectivity index (χ2n) is 6.24. The third kappa shape index (κ3) is 3.88. The summed E-state index contributed by atoms with van der Waals surface area (Å²) < 4.78 is 0. The van der Waals surface area contributed by atoms with Gasteiger partial charge in [-0.1, -0.05) is 84.9 Å². The number of guanidine groups is 1. The molecule has 0 saturated heterocycles. The van der Waals surface area contributed by atoms with Gasteiger partial charge in [-0.2, -0.15) is 10.2 Å². The van der Waals surface area contributed by atoms with Gasteiger partial charge in [-0.25, -0.2) is 5.43 Å². The average Bonchev–Trinajstić information content (AvgIpc) is 2.74. The van der Waals surface area contributed by atoms with Gasteiger partial charge >= 0.3 is 0 Å². The van der Waals surface area contributed by atoms with Crippen molar-refractivity contribution >= 4 is 39.9 Å². The fourth-order valence-electron chi connectivity index (χ4n) is 3.07. The molecule has 5 nitrogen and oxygen atoms in total. The van der Waals surface area contributed by atoms with Crippen molar-refractivity contribution in [3.63, 3.8) is 0 Å². The smallest absolute Gasteiger partial charge is 0.234 e. The van der Waals surface area contributed by atoms with Crippen LogP contribution in [0.4, 0.5) is 0 Å². The molecule has 5 heteroatoms. The monoisotopic (exact) mass is 365 g/mol. The fraction of sp³-hybridized carbons (Fsp3) is 0. The molecule has 0 aliphatic heterocycles. The van der Waals surface area contributed by atoms with Crippen LogP contribution in [0.3, 0.4) is 0 Å². The van der Waals surface area contributed by atoms with Gasteiger partial charge in [0.2, 0.25) is 5.96 Å². The molecule has 0 aliphatic carbocycles. The molecule has 0 heterocycles. The minimum Gasteiger partial charge on any atom is -0.367 e. The van der Waals surface area contributed by atoms with E-state index in [1.807, 2.05) is 48.5 Å². The molecule has 0 saturated carbocycles. The van der Waals surface area contributed by atoms with Crippen LogP contribution in [0.2, 0.25) is 0 Å². The lowest BCUT2D eigenvalue weighted by atomic mass is 10.1. The van der Waals surface area contributed by atoms with Crippen LogP contribution in [0, 0.1) is 0 Å². The lowest BCUT2D eigenvalue weighted by molar-refractivity contribution is 0.994. The highest BCUT2D eigenvalue weighted by atomic mass is 15.4. The summed E-state index contributed by atoms with van der Waals surface area (Å²) in [6.45, 7) is 0. The molecule has 0 bridgehead atoms. The van der Waals surface area contributed by atoms with E-state index in [-0.39, 0.29) is 5.96 Å². The molecular weight excluding hydrogens is 346 g/mol. The number of hydrazone groups is 1. The highest BCUT2D eigenvalue weighted by Crippen LogP contribution is 2.17. The van der Waals surface area contributed by atoms with Crippen LogP contribution >= 0.6 is 0 Å². The van der Waals surface area contributed by atoms with Crippen molar-refractivity contribution in [3.8, 4) is 0 Å². The molecule has 4 rings (SSSR count). The summed E-state index contributed by atoms with van der Waals surface area (Å²) in [4.78, 5) is 0. The van der Waals surface area contributed by atoms with E-state index in [4.69, 9.17) is 5.73 Å². The largest absolute Gasteiger partial charge is 0.367 e. The van der Waals surface area contributed by atoms with Gasteiger partial charge < -0.3 is 5.73 Å². The highest BCUT2D eigenvalue weighted by molar-refractivity contribution is 6.01. The van der Waals surface area contributed by atoms with Crippen LogP contribution in [0.25, 0.3) is 21.5 Å².